The molecule has 27 heavy (non-hydrogen) atoms. The number of nitrogens with one attached hydrogen (secondary N) is 1. The lowest BCUT2D eigenvalue weighted by Crippen LogP contribution is -2.14. The molecule has 0 aromatic carbocycles. The third-order valence-corrected chi connectivity index (χ3v) is 5.20. The fourth-order valence-electron chi connectivity index (χ4n) is 2.36. The number of hydrogen-bond donors (Lipinski definition) is 1. The Kier molecular flexibility index (Phi) is 4.66. The van der Waals surface area contributed by atoms with Crippen LogP contribution >= 0.6 is 22.9 Å². The molecule has 0 unspecified atom stereocenters. The molecule has 6 nitrogen and oxygen atoms in total. The highest BCUT2D eigenvalue weighted by Crippen LogP contribution is 2.40. The maximum absolute atomic E-state index is 13.6. The van der Waals surface area contributed by atoms with E-state index in [9.17, 15) is 9.18 Å². The van der Waals surface area contributed by atoms with Gasteiger partial charge in [0.1, 0.15) is 12.1 Å². The molecule has 0 saturated carbocycles. The predicted molar refractivity (Wildman–Crippen MR) is 100 cm³/mol. The number of oxazole rings is 1. The second-order valence-electron chi connectivity index (χ2n) is 5.37. The van der Waals surface area contributed by atoms with E-state index >= 15 is 0 Å². The van der Waals surface area contributed by atoms with Crippen molar-refractivity contribution in [1.82, 2.24) is 15.0 Å². The molecule has 4 rings (SSSR count). The van der Waals surface area contributed by atoms with Gasteiger partial charge in [0, 0.05) is 18.0 Å². The molecule has 0 aliphatic carbocycles. The van der Waals surface area contributed by atoms with Crippen LogP contribution in [0.15, 0.2) is 59.7 Å². The first-order valence-corrected chi connectivity index (χ1v) is 8.88. The van der Waals surface area contributed by atoms with Crippen LogP contribution in [0.1, 0.15) is 10.4 Å². The van der Waals surface area contributed by atoms with Gasteiger partial charge in [-0.1, -0.05) is 11.6 Å². The summed E-state index contributed by atoms with van der Waals surface area (Å²) in [6, 6.07) is 6.46. The highest BCUT2D eigenvalue weighted by molar-refractivity contribution is 7.19. The van der Waals surface area contributed by atoms with E-state index in [-0.39, 0.29) is 5.56 Å². The van der Waals surface area contributed by atoms with Gasteiger partial charge in [-0.15, -0.1) is 11.3 Å². The van der Waals surface area contributed by atoms with Crippen LogP contribution in [-0.2, 0) is 0 Å². The van der Waals surface area contributed by atoms with Crippen LogP contribution in [0, 0.1) is 5.82 Å². The molecule has 0 atom stereocenters. The normalized spacial score (nSPS) is 10.7. The minimum atomic E-state index is -0.698. The van der Waals surface area contributed by atoms with Crippen molar-refractivity contribution in [2.75, 3.05) is 5.32 Å². The SMILES string of the molecule is O=C(Nc1ccc(-c2sc(-c3ncco3)cc2Cl)cn1)c1ccncc1F. The zero-order valence-corrected chi connectivity index (χ0v) is 15.1. The number of hydrogen-bond acceptors (Lipinski definition) is 6. The fourth-order valence-corrected chi connectivity index (χ4v) is 3.74. The molecule has 4 aromatic heterocycles. The number of nitrogens with zero attached hydrogens (tertiary/aromatic N) is 3. The summed E-state index contributed by atoms with van der Waals surface area (Å²) in [5.41, 5.74) is 0.670. The largest absolute Gasteiger partial charge is 0.444 e. The van der Waals surface area contributed by atoms with E-state index in [1.165, 1.54) is 29.9 Å². The van der Waals surface area contributed by atoms with Crippen molar-refractivity contribution in [3.8, 4) is 21.2 Å². The predicted octanol–water partition coefficient (Wildman–Crippen LogP) is 4.90. The number of aromatic nitrogens is 3. The number of rotatable bonds is 4. The van der Waals surface area contributed by atoms with E-state index in [4.69, 9.17) is 16.0 Å². The van der Waals surface area contributed by atoms with E-state index < -0.39 is 11.7 Å². The molecule has 1 N–H and O–H groups in total. The summed E-state index contributed by atoms with van der Waals surface area (Å²) < 4.78 is 18.9. The lowest BCUT2D eigenvalue weighted by molar-refractivity contribution is 0.102. The Morgan fingerprint density at radius 1 is 1.19 bits per heavy atom. The van der Waals surface area contributed by atoms with Crippen molar-refractivity contribution >= 4 is 34.7 Å². The molecule has 0 aliphatic rings. The van der Waals surface area contributed by atoms with Crippen LogP contribution in [0.25, 0.3) is 21.2 Å². The van der Waals surface area contributed by atoms with Crippen molar-refractivity contribution in [1.29, 1.82) is 0 Å². The number of amides is 1. The Morgan fingerprint density at radius 2 is 2.07 bits per heavy atom. The Morgan fingerprint density at radius 3 is 2.78 bits per heavy atom. The Hall–Kier alpha value is -3.10. The van der Waals surface area contributed by atoms with Gasteiger partial charge in [-0.2, -0.15) is 0 Å². The molecule has 0 spiro atoms. The molecule has 134 valence electrons. The molecular weight excluding hydrogens is 391 g/mol. The van der Waals surface area contributed by atoms with Crippen molar-refractivity contribution in [3.63, 3.8) is 0 Å². The van der Waals surface area contributed by atoms with Crippen molar-refractivity contribution in [3.05, 3.63) is 71.7 Å². The minimum Gasteiger partial charge on any atom is -0.444 e. The van der Waals surface area contributed by atoms with Gasteiger partial charge >= 0.3 is 0 Å². The van der Waals surface area contributed by atoms with E-state index in [1.807, 2.05) is 0 Å². The molecule has 0 saturated heterocycles. The summed E-state index contributed by atoms with van der Waals surface area (Å²) in [6.45, 7) is 0. The topological polar surface area (TPSA) is 80.9 Å². The van der Waals surface area contributed by atoms with Gasteiger partial charge in [0.2, 0.25) is 5.89 Å². The number of halogens is 2. The Labute approximate surface area is 161 Å². The molecule has 9 heteroatoms. The zero-order valence-electron chi connectivity index (χ0n) is 13.5. The van der Waals surface area contributed by atoms with E-state index in [1.54, 1.807) is 30.6 Å². The summed E-state index contributed by atoms with van der Waals surface area (Å²) in [5, 5.41) is 3.09. The lowest BCUT2D eigenvalue weighted by atomic mass is 10.2. The third-order valence-electron chi connectivity index (χ3n) is 3.61. The van der Waals surface area contributed by atoms with Crippen LogP contribution < -0.4 is 5.32 Å². The molecule has 1 amide bonds. The van der Waals surface area contributed by atoms with Gasteiger partial charge in [0.15, 0.2) is 5.82 Å². The minimum absolute atomic E-state index is 0.104. The van der Waals surface area contributed by atoms with Gasteiger partial charge in [0.05, 0.1) is 32.7 Å². The molecule has 4 heterocycles. The van der Waals surface area contributed by atoms with Gasteiger partial charge in [-0.3, -0.25) is 9.78 Å². The summed E-state index contributed by atoms with van der Waals surface area (Å²) in [6.07, 6.45) is 6.96. The van der Waals surface area contributed by atoms with Gasteiger partial charge in [-0.25, -0.2) is 14.4 Å². The highest BCUT2D eigenvalue weighted by Gasteiger charge is 2.15. The number of anilines is 1. The van der Waals surface area contributed by atoms with Gasteiger partial charge < -0.3 is 9.73 Å². The average molecular weight is 401 g/mol. The smallest absolute Gasteiger partial charge is 0.259 e. The van der Waals surface area contributed by atoms with Crippen LogP contribution in [0.5, 0.6) is 0 Å². The van der Waals surface area contributed by atoms with Gasteiger partial charge in [0.25, 0.3) is 5.91 Å². The summed E-state index contributed by atoms with van der Waals surface area (Å²) in [4.78, 5) is 25.6. The number of pyridine rings is 2. The quantitative estimate of drug-likeness (QED) is 0.526. The Bertz CT molecular complexity index is 1100. The van der Waals surface area contributed by atoms with Crippen molar-refractivity contribution in [2.24, 2.45) is 0 Å². The van der Waals surface area contributed by atoms with Crippen molar-refractivity contribution in [2.45, 2.75) is 0 Å². The summed E-state index contributed by atoms with van der Waals surface area (Å²) in [7, 11) is 0. The Balaban J connectivity index is 1.55. The lowest BCUT2D eigenvalue weighted by Gasteiger charge is -2.06. The van der Waals surface area contributed by atoms with Crippen LogP contribution in [0.2, 0.25) is 5.02 Å². The number of thiophene rings is 1. The van der Waals surface area contributed by atoms with E-state index in [0.29, 0.717) is 16.7 Å². The van der Waals surface area contributed by atoms with Crippen LogP contribution in [0.3, 0.4) is 0 Å². The average Bonchev–Trinajstić information content (AvgIpc) is 3.32. The maximum Gasteiger partial charge on any atom is 0.259 e. The molecule has 0 fully saturated rings. The standard InChI is InChI=1S/C18H10ClFN4O2S/c19-12-7-14(18-22-5-6-26-18)27-16(12)10-1-2-15(23-8-10)24-17(25)11-3-4-21-9-13(11)20/h1-9H,(H,23,24,25). The molecule has 0 aliphatic heterocycles. The summed E-state index contributed by atoms with van der Waals surface area (Å²) >= 11 is 7.73. The second kappa shape index (κ2) is 7.26. The second-order valence-corrected chi connectivity index (χ2v) is 6.83. The first-order valence-electron chi connectivity index (χ1n) is 7.68. The molecule has 0 radical (unpaired) electrons. The molecule has 0 bridgehead atoms. The first-order chi connectivity index (χ1) is 13.1. The number of carbonyl (C=O) groups excluding carboxylic acids is 1. The number of carbonyl (C=O) groups is 1. The monoisotopic (exact) mass is 400 g/mol. The fraction of sp³-hybridized carbons (Fsp3) is 0. The first kappa shape index (κ1) is 17.3. The zero-order chi connectivity index (χ0) is 18.8. The van der Waals surface area contributed by atoms with E-state index in [2.05, 4.69) is 20.3 Å². The third kappa shape index (κ3) is 3.57. The maximum atomic E-state index is 13.6. The summed E-state index contributed by atoms with van der Waals surface area (Å²) in [5.74, 6) is -0.517. The van der Waals surface area contributed by atoms with Gasteiger partial charge in [-0.05, 0) is 24.3 Å². The van der Waals surface area contributed by atoms with Crippen LogP contribution in [-0.4, -0.2) is 20.9 Å². The molecule has 4 aromatic rings. The highest BCUT2D eigenvalue weighted by atomic mass is 35.5. The van der Waals surface area contributed by atoms with E-state index in [0.717, 1.165) is 21.5 Å². The molecular formula is C18H10ClFN4O2S. The van der Waals surface area contributed by atoms with Crippen LogP contribution in [0.4, 0.5) is 10.2 Å². The van der Waals surface area contributed by atoms with Crippen molar-refractivity contribution < 1.29 is 13.6 Å².